The van der Waals surface area contributed by atoms with Crippen molar-refractivity contribution in [3.05, 3.63) is 0 Å². The van der Waals surface area contributed by atoms with Crippen molar-refractivity contribution in [2.45, 2.75) is 43.9 Å². The minimum Gasteiger partial charge on any atom is -0.355 e. The van der Waals surface area contributed by atoms with E-state index in [4.69, 9.17) is 5.73 Å². The first-order valence-corrected chi connectivity index (χ1v) is 7.48. The lowest BCUT2D eigenvalue weighted by atomic mass is 9.85. The van der Waals surface area contributed by atoms with Crippen LogP contribution in [0.4, 0.5) is 0 Å². The van der Waals surface area contributed by atoms with E-state index in [1.165, 1.54) is 0 Å². The summed E-state index contributed by atoms with van der Waals surface area (Å²) >= 11 is 0. The Hall–Kier alpha value is -0.420. The van der Waals surface area contributed by atoms with Gasteiger partial charge in [-0.1, -0.05) is 6.42 Å². The summed E-state index contributed by atoms with van der Waals surface area (Å²) in [6.45, 7) is 2.37. The number of nitrogens with one attached hydrogen (secondary N) is 1. The molecule has 0 aliphatic heterocycles. The molecule has 4 atom stereocenters. The highest BCUT2D eigenvalue weighted by Crippen LogP contribution is 2.22. The molecule has 16 heavy (non-hydrogen) atoms. The number of rotatable bonds is 4. The SMILES string of the molecule is CC(CNC(=O)C1CCCC(N)C1)S(C)=O. The Morgan fingerprint density at radius 3 is 2.81 bits per heavy atom. The van der Waals surface area contributed by atoms with Crippen LogP contribution in [0.3, 0.4) is 0 Å². The molecule has 1 aliphatic carbocycles. The molecule has 0 spiro atoms. The lowest BCUT2D eigenvalue weighted by Gasteiger charge is -2.26. The van der Waals surface area contributed by atoms with E-state index in [2.05, 4.69) is 5.32 Å². The fourth-order valence-electron chi connectivity index (χ4n) is 1.97. The van der Waals surface area contributed by atoms with Crippen LogP contribution in [0, 0.1) is 5.92 Å². The van der Waals surface area contributed by atoms with E-state index in [0.29, 0.717) is 6.54 Å². The molecule has 1 rings (SSSR count). The minimum atomic E-state index is -0.878. The molecule has 94 valence electrons. The topological polar surface area (TPSA) is 72.2 Å². The van der Waals surface area contributed by atoms with Gasteiger partial charge in [-0.05, 0) is 26.2 Å². The third-order valence-corrected chi connectivity index (χ3v) is 4.52. The molecule has 5 heteroatoms. The van der Waals surface area contributed by atoms with Crippen molar-refractivity contribution < 1.29 is 9.00 Å². The number of amides is 1. The van der Waals surface area contributed by atoms with E-state index >= 15 is 0 Å². The maximum atomic E-state index is 11.8. The first-order valence-electron chi connectivity index (χ1n) is 5.86. The second kappa shape index (κ2) is 6.35. The maximum Gasteiger partial charge on any atom is 0.223 e. The Kier molecular flexibility index (Phi) is 5.41. The van der Waals surface area contributed by atoms with Gasteiger partial charge in [-0.3, -0.25) is 9.00 Å². The van der Waals surface area contributed by atoms with Gasteiger partial charge in [-0.15, -0.1) is 0 Å². The Labute approximate surface area is 99.8 Å². The van der Waals surface area contributed by atoms with Crippen LogP contribution >= 0.6 is 0 Å². The first-order chi connectivity index (χ1) is 7.50. The van der Waals surface area contributed by atoms with Gasteiger partial charge in [0.15, 0.2) is 0 Å². The van der Waals surface area contributed by atoms with Gasteiger partial charge in [-0.25, -0.2) is 0 Å². The maximum absolute atomic E-state index is 11.8. The van der Waals surface area contributed by atoms with E-state index < -0.39 is 10.8 Å². The molecule has 0 aromatic carbocycles. The smallest absolute Gasteiger partial charge is 0.223 e. The molecule has 1 aliphatic rings. The molecule has 0 aromatic rings. The minimum absolute atomic E-state index is 0.0150. The molecule has 0 bridgehead atoms. The second-order valence-corrected chi connectivity index (χ2v) is 6.48. The molecule has 0 heterocycles. The second-order valence-electron chi connectivity index (χ2n) is 4.68. The summed E-state index contributed by atoms with van der Waals surface area (Å²) in [7, 11) is -0.878. The summed E-state index contributed by atoms with van der Waals surface area (Å²) in [6.07, 6.45) is 5.44. The standard InChI is InChI=1S/C11H22N2O2S/c1-8(16(2)15)7-13-11(14)9-4-3-5-10(12)6-9/h8-10H,3-7,12H2,1-2H3,(H,13,14). The normalized spacial score (nSPS) is 29.4. The molecule has 0 aromatic heterocycles. The monoisotopic (exact) mass is 246 g/mol. The van der Waals surface area contributed by atoms with Crippen LogP contribution in [0.15, 0.2) is 0 Å². The van der Waals surface area contributed by atoms with Crippen molar-refractivity contribution in [3.63, 3.8) is 0 Å². The first kappa shape index (κ1) is 13.6. The van der Waals surface area contributed by atoms with Crippen LogP contribution in [0.1, 0.15) is 32.6 Å². The summed E-state index contributed by atoms with van der Waals surface area (Å²) in [4.78, 5) is 11.8. The van der Waals surface area contributed by atoms with Crippen molar-refractivity contribution >= 4 is 16.7 Å². The van der Waals surface area contributed by atoms with Crippen LogP contribution in [-0.2, 0) is 15.6 Å². The predicted molar refractivity (Wildman–Crippen MR) is 66.5 cm³/mol. The Balaban J connectivity index is 2.31. The predicted octanol–water partition coefficient (Wildman–Crippen LogP) is 0.387. The van der Waals surface area contributed by atoms with Crippen LogP contribution in [0.2, 0.25) is 0 Å². The van der Waals surface area contributed by atoms with Gasteiger partial charge in [0.05, 0.1) is 0 Å². The molecule has 0 radical (unpaired) electrons. The van der Waals surface area contributed by atoms with E-state index in [1.54, 1.807) is 6.26 Å². The number of hydrogen-bond acceptors (Lipinski definition) is 3. The quantitative estimate of drug-likeness (QED) is 0.753. The lowest BCUT2D eigenvalue weighted by molar-refractivity contribution is -0.126. The van der Waals surface area contributed by atoms with Crippen LogP contribution in [-0.4, -0.2) is 34.2 Å². The van der Waals surface area contributed by atoms with Crippen LogP contribution in [0.25, 0.3) is 0 Å². The van der Waals surface area contributed by atoms with Gasteiger partial charge in [-0.2, -0.15) is 0 Å². The molecule has 4 unspecified atom stereocenters. The Morgan fingerprint density at radius 1 is 1.56 bits per heavy atom. The van der Waals surface area contributed by atoms with Crippen molar-refractivity contribution in [1.29, 1.82) is 0 Å². The molecule has 0 saturated heterocycles. The molecule has 1 amide bonds. The van der Waals surface area contributed by atoms with Crippen molar-refractivity contribution in [1.82, 2.24) is 5.32 Å². The van der Waals surface area contributed by atoms with E-state index in [9.17, 15) is 9.00 Å². The van der Waals surface area contributed by atoms with Gasteiger partial charge in [0.25, 0.3) is 0 Å². The highest BCUT2D eigenvalue weighted by molar-refractivity contribution is 7.84. The van der Waals surface area contributed by atoms with Gasteiger partial charge in [0.1, 0.15) is 0 Å². The zero-order valence-corrected chi connectivity index (χ0v) is 10.9. The molecule has 3 N–H and O–H groups in total. The average Bonchev–Trinajstić information content (AvgIpc) is 2.25. The summed E-state index contributed by atoms with van der Waals surface area (Å²) in [5, 5.41) is 2.88. The summed E-state index contributed by atoms with van der Waals surface area (Å²) in [6, 6.07) is 0.169. The Bertz CT molecular complexity index is 271. The molecule has 4 nitrogen and oxygen atoms in total. The van der Waals surface area contributed by atoms with Crippen LogP contribution in [0.5, 0.6) is 0 Å². The zero-order chi connectivity index (χ0) is 12.1. The summed E-state index contributed by atoms with van der Waals surface area (Å²) in [5.41, 5.74) is 5.84. The average molecular weight is 246 g/mol. The molecular formula is C11H22N2O2S. The number of nitrogens with two attached hydrogens (primary N) is 1. The van der Waals surface area contributed by atoms with Crippen LogP contribution < -0.4 is 11.1 Å². The molecule has 1 fully saturated rings. The highest BCUT2D eigenvalue weighted by atomic mass is 32.2. The van der Waals surface area contributed by atoms with Gasteiger partial charge < -0.3 is 11.1 Å². The zero-order valence-electron chi connectivity index (χ0n) is 10.1. The van der Waals surface area contributed by atoms with E-state index in [-0.39, 0.29) is 23.1 Å². The lowest BCUT2D eigenvalue weighted by Crippen LogP contribution is -2.40. The van der Waals surface area contributed by atoms with E-state index in [0.717, 1.165) is 25.7 Å². The largest absolute Gasteiger partial charge is 0.355 e. The fourth-order valence-corrected chi connectivity index (χ4v) is 2.29. The summed E-state index contributed by atoms with van der Waals surface area (Å²) in [5.74, 6) is 0.133. The molecular weight excluding hydrogens is 224 g/mol. The highest BCUT2D eigenvalue weighted by Gasteiger charge is 2.25. The van der Waals surface area contributed by atoms with E-state index in [1.807, 2.05) is 6.92 Å². The van der Waals surface area contributed by atoms with Gasteiger partial charge >= 0.3 is 0 Å². The Morgan fingerprint density at radius 2 is 2.25 bits per heavy atom. The van der Waals surface area contributed by atoms with Crippen molar-refractivity contribution in [3.8, 4) is 0 Å². The van der Waals surface area contributed by atoms with Crippen molar-refractivity contribution in [2.75, 3.05) is 12.8 Å². The third-order valence-electron chi connectivity index (χ3n) is 3.22. The fraction of sp³-hybridized carbons (Fsp3) is 0.909. The number of hydrogen-bond donors (Lipinski definition) is 2. The molecule has 1 saturated carbocycles. The third kappa shape index (κ3) is 4.22. The van der Waals surface area contributed by atoms with Crippen molar-refractivity contribution in [2.24, 2.45) is 11.7 Å². The number of carbonyl (C=O) groups is 1. The van der Waals surface area contributed by atoms with Gasteiger partial charge in [0.2, 0.25) is 5.91 Å². The van der Waals surface area contributed by atoms with Gasteiger partial charge in [0, 0.05) is 40.8 Å². The summed E-state index contributed by atoms with van der Waals surface area (Å²) < 4.78 is 11.1. The number of carbonyl (C=O) groups excluding carboxylic acids is 1.